The molecule has 1 saturated heterocycles. The minimum absolute atomic E-state index is 0.162. The number of hydrogen-bond acceptors (Lipinski definition) is 3. The largest absolute Gasteiger partial charge is 0.229 e. The molecule has 3 heteroatoms. The van der Waals surface area contributed by atoms with Crippen LogP contribution in [-0.4, -0.2) is 16.8 Å². The summed E-state index contributed by atoms with van der Waals surface area (Å²) < 4.78 is 0. The first-order valence-corrected chi connectivity index (χ1v) is 7.28. The molecule has 0 aliphatic carbocycles. The van der Waals surface area contributed by atoms with E-state index in [1.807, 2.05) is 11.8 Å². The summed E-state index contributed by atoms with van der Waals surface area (Å²) in [5, 5.41) is 0. The number of rotatable bonds is 4. The zero-order valence-electron chi connectivity index (χ0n) is 11.5. The van der Waals surface area contributed by atoms with Gasteiger partial charge in [0.2, 0.25) is 0 Å². The quantitative estimate of drug-likeness (QED) is 0.546. The maximum atomic E-state index is 5.67. The van der Waals surface area contributed by atoms with Crippen molar-refractivity contribution in [3.8, 4) is 0 Å². The summed E-state index contributed by atoms with van der Waals surface area (Å²) in [7, 11) is 0. The molecule has 0 N–H and O–H groups in total. The van der Waals surface area contributed by atoms with E-state index in [9.17, 15) is 0 Å². The van der Waals surface area contributed by atoms with Gasteiger partial charge < -0.3 is 0 Å². The van der Waals surface area contributed by atoms with Crippen LogP contribution in [0.5, 0.6) is 0 Å². The summed E-state index contributed by atoms with van der Waals surface area (Å²) in [6.45, 7) is 13.1. The van der Waals surface area contributed by atoms with Crippen LogP contribution in [0.4, 0.5) is 0 Å². The molecular weight excluding hydrogens is 220 g/mol. The summed E-state index contributed by atoms with van der Waals surface area (Å²) in [6, 6.07) is 0. The fourth-order valence-corrected chi connectivity index (χ4v) is 3.18. The molecule has 0 amide bonds. The lowest BCUT2D eigenvalue weighted by atomic mass is 9.84. The number of hydrogen-bond donors (Lipinski definition) is 0. The minimum Gasteiger partial charge on any atom is -0.229 e. The molecule has 0 aromatic heterocycles. The molecule has 1 aliphatic rings. The molecule has 1 fully saturated rings. The zero-order chi connectivity index (χ0) is 12.4. The Balaban J connectivity index is 2.48. The van der Waals surface area contributed by atoms with Gasteiger partial charge in [-0.3, -0.25) is 0 Å². The average Bonchev–Trinajstić information content (AvgIpc) is 2.15. The lowest BCUT2D eigenvalue weighted by Gasteiger charge is -2.40. The molecule has 96 valence electrons. The van der Waals surface area contributed by atoms with Crippen molar-refractivity contribution in [2.75, 3.05) is 5.75 Å². The van der Waals surface area contributed by atoms with Crippen LogP contribution < -0.4 is 0 Å². The van der Waals surface area contributed by atoms with Gasteiger partial charge in [0.05, 0.1) is 5.60 Å². The van der Waals surface area contributed by atoms with E-state index in [4.69, 9.17) is 9.78 Å². The summed E-state index contributed by atoms with van der Waals surface area (Å²) in [6.07, 6.45) is 2.17. The van der Waals surface area contributed by atoms with Gasteiger partial charge in [-0.15, -0.1) is 11.8 Å². The van der Waals surface area contributed by atoms with Crippen molar-refractivity contribution in [3.63, 3.8) is 0 Å². The maximum absolute atomic E-state index is 5.67. The van der Waals surface area contributed by atoms with Crippen molar-refractivity contribution in [1.82, 2.24) is 0 Å². The maximum Gasteiger partial charge on any atom is 0.143 e. The Bertz CT molecular complexity index is 226. The molecule has 16 heavy (non-hydrogen) atoms. The lowest BCUT2D eigenvalue weighted by molar-refractivity contribution is -0.373. The zero-order valence-corrected chi connectivity index (χ0v) is 12.3. The van der Waals surface area contributed by atoms with Crippen molar-refractivity contribution in [1.29, 1.82) is 0 Å². The highest BCUT2D eigenvalue weighted by molar-refractivity contribution is 7.99. The summed E-state index contributed by atoms with van der Waals surface area (Å²) in [5.74, 6) is 1.95. The van der Waals surface area contributed by atoms with Gasteiger partial charge in [-0.1, -0.05) is 27.7 Å². The molecule has 0 saturated carbocycles. The van der Waals surface area contributed by atoms with Gasteiger partial charge in [-0.25, -0.2) is 9.78 Å². The Kier molecular flexibility index (Phi) is 4.73. The van der Waals surface area contributed by atoms with Crippen molar-refractivity contribution in [2.45, 2.75) is 65.4 Å². The second kappa shape index (κ2) is 5.28. The topological polar surface area (TPSA) is 18.5 Å². The predicted octanol–water partition coefficient (Wildman–Crippen LogP) is 4.25. The first-order valence-electron chi connectivity index (χ1n) is 6.23. The predicted molar refractivity (Wildman–Crippen MR) is 70.3 cm³/mol. The van der Waals surface area contributed by atoms with E-state index in [-0.39, 0.29) is 16.5 Å². The molecule has 0 bridgehead atoms. The molecule has 0 radical (unpaired) electrons. The third-order valence-corrected chi connectivity index (χ3v) is 5.04. The van der Waals surface area contributed by atoms with E-state index >= 15 is 0 Å². The first-order chi connectivity index (χ1) is 7.27. The highest BCUT2D eigenvalue weighted by Gasteiger charge is 2.38. The Morgan fingerprint density at radius 2 is 2.00 bits per heavy atom. The van der Waals surface area contributed by atoms with E-state index in [0.29, 0.717) is 0 Å². The first kappa shape index (κ1) is 14.3. The van der Waals surface area contributed by atoms with E-state index in [1.54, 1.807) is 0 Å². The number of thioether (sulfide) groups is 1. The van der Waals surface area contributed by atoms with Gasteiger partial charge in [-0.05, 0) is 38.4 Å². The fraction of sp³-hybridized carbons (Fsp3) is 1.00. The third kappa shape index (κ3) is 3.94. The normalized spacial score (nSPS) is 30.4. The van der Waals surface area contributed by atoms with E-state index in [0.717, 1.165) is 12.3 Å². The molecule has 2 atom stereocenters. The second-order valence-electron chi connectivity index (χ2n) is 6.26. The van der Waals surface area contributed by atoms with Crippen LogP contribution in [0.3, 0.4) is 0 Å². The van der Waals surface area contributed by atoms with Crippen molar-refractivity contribution in [2.24, 2.45) is 11.3 Å². The molecule has 2 nitrogen and oxygen atoms in total. The molecule has 2 unspecified atom stereocenters. The molecule has 1 aliphatic heterocycles. The Labute approximate surface area is 104 Å². The SMILES string of the molecule is CCC(C)(C)OOC1SCC(C)CC1(C)C. The van der Waals surface area contributed by atoms with Gasteiger partial charge in [-0.2, -0.15) is 0 Å². The van der Waals surface area contributed by atoms with Crippen LogP contribution in [0.15, 0.2) is 0 Å². The van der Waals surface area contributed by atoms with Gasteiger partial charge >= 0.3 is 0 Å². The standard InChI is InChI=1S/C13H26O2S/c1-7-13(5,6)15-14-11-12(3,4)8-10(2)9-16-11/h10-11H,7-9H2,1-6H3. The van der Waals surface area contributed by atoms with Crippen LogP contribution in [0.2, 0.25) is 0 Å². The van der Waals surface area contributed by atoms with E-state index in [1.165, 1.54) is 12.2 Å². The average molecular weight is 246 g/mol. The molecule has 0 spiro atoms. The second-order valence-corrected chi connectivity index (χ2v) is 7.35. The Morgan fingerprint density at radius 1 is 1.38 bits per heavy atom. The van der Waals surface area contributed by atoms with Crippen LogP contribution in [0, 0.1) is 11.3 Å². The van der Waals surface area contributed by atoms with Crippen LogP contribution in [0.1, 0.15) is 54.4 Å². The summed E-state index contributed by atoms with van der Waals surface area (Å²) in [4.78, 5) is 11.2. The van der Waals surface area contributed by atoms with Crippen LogP contribution >= 0.6 is 11.8 Å². The molecular formula is C13H26O2S. The Morgan fingerprint density at radius 3 is 2.50 bits per heavy atom. The van der Waals surface area contributed by atoms with Crippen molar-refractivity contribution >= 4 is 11.8 Å². The smallest absolute Gasteiger partial charge is 0.143 e. The summed E-state index contributed by atoms with van der Waals surface area (Å²) in [5.41, 5.74) is 0.181. The van der Waals surface area contributed by atoms with Gasteiger partial charge in [0.25, 0.3) is 0 Å². The molecule has 0 aromatic rings. The van der Waals surface area contributed by atoms with Crippen LogP contribution in [0.25, 0.3) is 0 Å². The highest BCUT2D eigenvalue weighted by Crippen LogP contribution is 2.44. The monoisotopic (exact) mass is 246 g/mol. The molecule has 1 heterocycles. The van der Waals surface area contributed by atoms with Crippen molar-refractivity contribution < 1.29 is 9.78 Å². The molecule has 0 aromatic carbocycles. The summed E-state index contributed by atoms with van der Waals surface area (Å²) >= 11 is 1.88. The van der Waals surface area contributed by atoms with Crippen molar-refractivity contribution in [3.05, 3.63) is 0 Å². The highest BCUT2D eigenvalue weighted by atomic mass is 32.2. The van der Waals surface area contributed by atoms with Gasteiger partial charge in [0.1, 0.15) is 5.44 Å². The van der Waals surface area contributed by atoms with Crippen LogP contribution in [-0.2, 0) is 9.78 Å². The van der Waals surface area contributed by atoms with E-state index < -0.39 is 0 Å². The Hall–Kier alpha value is 0.270. The lowest BCUT2D eigenvalue weighted by Crippen LogP contribution is -2.38. The molecule has 1 rings (SSSR count). The van der Waals surface area contributed by atoms with Gasteiger partial charge in [0.15, 0.2) is 0 Å². The fourth-order valence-electron chi connectivity index (χ4n) is 1.92. The third-order valence-electron chi connectivity index (χ3n) is 3.26. The minimum atomic E-state index is -0.181. The van der Waals surface area contributed by atoms with E-state index in [2.05, 4.69) is 41.5 Å². The van der Waals surface area contributed by atoms with Gasteiger partial charge in [0, 0.05) is 5.41 Å².